The molecule has 1 aromatic rings. The van der Waals surface area contributed by atoms with E-state index in [-0.39, 0.29) is 11.9 Å². The number of likely N-dealkylation sites (tertiary alicyclic amines) is 1. The summed E-state index contributed by atoms with van der Waals surface area (Å²) in [5.74, 6) is 0.396. The Bertz CT molecular complexity index is 397. The zero-order valence-electron chi connectivity index (χ0n) is 10.00. The second kappa shape index (κ2) is 5.34. The molecule has 1 fully saturated rings. The fourth-order valence-corrected chi connectivity index (χ4v) is 2.79. The second-order valence-corrected chi connectivity index (χ2v) is 5.21. The highest BCUT2D eigenvalue weighted by molar-refractivity contribution is 6.31. The van der Waals surface area contributed by atoms with Crippen molar-refractivity contribution in [3.63, 3.8) is 0 Å². The number of halogens is 2. The molecule has 2 N–H and O–H groups in total. The molecule has 2 unspecified atom stereocenters. The largest absolute Gasteiger partial charge is 0.329 e. The molecule has 0 radical (unpaired) electrons. The number of benzene rings is 1. The van der Waals surface area contributed by atoms with Crippen molar-refractivity contribution in [1.29, 1.82) is 0 Å². The topological polar surface area (TPSA) is 29.3 Å². The van der Waals surface area contributed by atoms with Crippen LogP contribution in [0.2, 0.25) is 5.02 Å². The molecule has 17 heavy (non-hydrogen) atoms. The van der Waals surface area contributed by atoms with Crippen LogP contribution in [0.15, 0.2) is 18.2 Å². The van der Waals surface area contributed by atoms with Crippen molar-refractivity contribution in [2.75, 3.05) is 19.6 Å². The summed E-state index contributed by atoms with van der Waals surface area (Å²) >= 11 is 6.10. The molecule has 2 rings (SSSR count). The average molecular weight is 257 g/mol. The zero-order chi connectivity index (χ0) is 12.4. The normalized spacial score (nSPS) is 22.9. The Kier molecular flexibility index (Phi) is 4.02. The predicted octanol–water partition coefficient (Wildman–Crippen LogP) is 2.82. The molecule has 1 aliphatic rings. The van der Waals surface area contributed by atoms with Crippen LogP contribution in [-0.4, -0.2) is 24.5 Å². The monoisotopic (exact) mass is 256 g/mol. The van der Waals surface area contributed by atoms with Gasteiger partial charge in [0.2, 0.25) is 0 Å². The molecule has 0 bridgehead atoms. The van der Waals surface area contributed by atoms with Crippen LogP contribution in [0.3, 0.4) is 0 Å². The highest BCUT2D eigenvalue weighted by Crippen LogP contribution is 2.31. The van der Waals surface area contributed by atoms with E-state index >= 15 is 0 Å². The molecule has 0 aliphatic carbocycles. The zero-order valence-corrected chi connectivity index (χ0v) is 10.8. The number of hydrogen-bond donors (Lipinski definition) is 1. The smallest absolute Gasteiger partial charge is 0.124 e. The van der Waals surface area contributed by atoms with Gasteiger partial charge in [0.15, 0.2) is 0 Å². The first-order valence-corrected chi connectivity index (χ1v) is 6.38. The number of nitrogens with two attached hydrogens (primary N) is 1. The maximum absolute atomic E-state index is 13.0. The minimum absolute atomic E-state index is 0.105. The molecule has 2 nitrogen and oxygen atoms in total. The van der Waals surface area contributed by atoms with Crippen molar-refractivity contribution in [3.05, 3.63) is 34.6 Å². The molecular formula is C13H18ClFN2. The first kappa shape index (κ1) is 12.8. The van der Waals surface area contributed by atoms with Crippen LogP contribution in [0.4, 0.5) is 4.39 Å². The maximum Gasteiger partial charge on any atom is 0.124 e. The van der Waals surface area contributed by atoms with Gasteiger partial charge in [0.25, 0.3) is 0 Å². The lowest BCUT2D eigenvalue weighted by Gasteiger charge is -2.27. The molecular weight excluding hydrogens is 239 g/mol. The fraction of sp³-hybridized carbons (Fsp3) is 0.538. The molecule has 0 spiro atoms. The van der Waals surface area contributed by atoms with Crippen molar-refractivity contribution < 1.29 is 4.39 Å². The molecule has 1 heterocycles. The molecule has 0 aromatic heterocycles. The van der Waals surface area contributed by atoms with Gasteiger partial charge in [-0.3, -0.25) is 4.90 Å². The van der Waals surface area contributed by atoms with E-state index in [4.69, 9.17) is 17.3 Å². The highest BCUT2D eigenvalue weighted by Gasteiger charge is 2.27. The SMILES string of the molecule is CC1CCN(C(CN)c2ccc(F)cc2Cl)C1. The van der Waals surface area contributed by atoms with E-state index in [1.54, 1.807) is 6.07 Å². The molecule has 2 atom stereocenters. The van der Waals surface area contributed by atoms with E-state index in [0.29, 0.717) is 17.5 Å². The van der Waals surface area contributed by atoms with E-state index in [1.807, 2.05) is 0 Å². The van der Waals surface area contributed by atoms with Crippen LogP contribution < -0.4 is 5.73 Å². The third-order valence-electron chi connectivity index (χ3n) is 3.44. The first-order valence-electron chi connectivity index (χ1n) is 6.01. The van der Waals surface area contributed by atoms with E-state index in [9.17, 15) is 4.39 Å². The molecule has 1 aromatic carbocycles. The summed E-state index contributed by atoms with van der Waals surface area (Å²) < 4.78 is 13.0. The van der Waals surface area contributed by atoms with E-state index in [1.165, 1.54) is 18.6 Å². The summed E-state index contributed by atoms with van der Waals surface area (Å²) in [6.07, 6.45) is 1.19. The van der Waals surface area contributed by atoms with Crippen molar-refractivity contribution in [2.24, 2.45) is 11.7 Å². The van der Waals surface area contributed by atoms with Gasteiger partial charge in [0.1, 0.15) is 5.82 Å². The molecule has 4 heteroatoms. The van der Waals surface area contributed by atoms with Crippen LogP contribution in [0.1, 0.15) is 24.9 Å². The third-order valence-corrected chi connectivity index (χ3v) is 3.77. The summed E-state index contributed by atoms with van der Waals surface area (Å²) in [5, 5.41) is 0.472. The van der Waals surface area contributed by atoms with Gasteiger partial charge >= 0.3 is 0 Å². The Morgan fingerprint density at radius 1 is 1.59 bits per heavy atom. The van der Waals surface area contributed by atoms with E-state index in [0.717, 1.165) is 18.7 Å². The van der Waals surface area contributed by atoms with Gasteiger partial charge in [0.05, 0.1) is 0 Å². The summed E-state index contributed by atoms with van der Waals surface area (Å²) in [6, 6.07) is 4.66. The summed E-state index contributed by atoms with van der Waals surface area (Å²) in [6.45, 7) is 4.82. The Balaban J connectivity index is 2.23. The molecule has 1 saturated heterocycles. The lowest BCUT2D eigenvalue weighted by Crippen LogP contribution is -2.32. The van der Waals surface area contributed by atoms with Gasteiger partial charge in [-0.25, -0.2) is 4.39 Å². The van der Waals surface area contributed by atoms with Crippen LogP contribution in [-0.2, 0) is 0 Å². The number of hydrogen-bond acceptors (Lipinski definition) is 2. The molecule has 1 aliphatic heterocycles. The summed E-state index contributed by atoms with van der Waals surface area (Å²) in [7, 11) is 0. The Labute approximate surface area is 107 Å². The lowest BCUT2D eigenvalue weighted by atomic mass is 10.1. The third kappa shape index (κ3) is 2.79. The average Bonchev–Trinajstić information content (AvgIpc) is 2.69. The fourth-order valence-electron chi connectivity index (χ4n) is 2.50. The summed E-state index contributed by atoms with van der Waals surface area (Å²) in [5.41, 5.74) is 6.78. The van der Waals surface area contributed by atoms with Crippen molar-refractivity contribution in [3.8, 4) is 0 Å². The second-order valence-electron chi connectivity index (χ2n) is 4.81. The quantitative estimate of drug-likeness (QED) is 0.901. The van der Waals surface area contributed by atoms with Crippen LogP contribution in [0, 0.1) is 11.7 Å². The minimum atomic E-state index is -0.302. The maximum atomic E-state index is 13.0. The van der Waals surface area contributed by atoms with Crippen LogP contribution >= 0.6 is 11.6 Å². The Morgan fingerprint density at radius 2 is 2.35 bits per heavy atom. The number of rotatable bonds is 3. The molecule has 94 valence electrons. The predicted molar refractivity (Wildman–Crippen MR) is 68.6 cm³/mol. The van der Waals surface area contributed by atoms with Gasteiger partial charge in [-0.05, 0) is 36.6 Å². The standard InChI is InChI=1S/C13H18ClFN2/c1-9-4-5-17(8-9)13(7-16)11-3-2-10(15)6-12(11)14/h2-3,6,9,13H,4-5,7-8,16H2,1H3. The van der Waals surface area contributed by atoms with Crippen molar-refractivity contribution in [2.45, 2.75) is 19.4 Å². The van der Waals surface area contributed by atoms with E-state index in [2.05, 4.69) is 11.8 Å². The van der Waals surface area contributed by atoms with Gasteiger partial charge in [0, 0.05) is 24.2 Å². The van der Waals surface area contributed by atoms with Gasteiger partial charge in [-0.1, -0.05) is 24.6 Å². The van der Waals surface area contributed by atoms with Crippen molar-refractivity contribution in [1.82, 2.24) is 4.90 Å². The van der Waals surface area contributed by atoms with Gasteiger partial charge < -0.3 is 5.73 Å². The van der Waals surface area contributed by atoms with E-state index < -0.39 is 0 Å². The van der Waals surface area contributed by atoms with Crippen molar-refractivity contribution >= 4 is 11.6 Å². The van der Waals surface area contributed by atoms with Crippen LogP contribution in [0.5, 0.6) is 0 Å². The summed E-state index contributed by atoms with van der Waals surface area (Å²) in [4.78, 5) is 2.34. The first-order chi connectivity index (χ1) is 8.11. The molecule has 0 amide bonds. The minimum Gasteiger partial charge on any atom is -0.329 e. The number of nitrogens with zero attached hydrogens (tertiary/aromatic N) is 1. The Morgan fingerprint density at radius 3 is 2.88 bits per heavy atom. The van der Waals surface area contributed by atoms with Crippen LogP contribution in [0.25, 0.3) is 0 Å². The van der Waals surface area contributed by atoms with Gasteiger partial charge in [-0.2, -0.15) is 0 Å². The Hall–Kier alpha value is -0.640. The molecule has 0 saturated carbocycles. The highest BCUT2D eigenvalue weighted by atomic mass is 35.5. The van der Waals surface area contributed by atoms with Gasteiger partial charge in [-0.15, -0.1) is 0 Å². The lowest BCUT2D eigenvalue weighted by molar-refractivity contribution is 0.243.